The Kier molecular flexibility index (Phi) is 5.57. The number of benzene rings is 2. The molecular formula is C21H26N4O3. The van der Waals surface area contributed by atoms with Crippen LogP contribution in [0.15, 0.2) is 42.5 Å². The highest BCUT2D eigenvalue weighted by Crippen LogP contribution is 2.30. The summed E-state index contributed by atoms with van der Waals surface area (Å²) in [5, 5.41) is 30.1. The third-order valence-corrected chi connectivity index (χ3v) is 5.17. The van der Waals surface area contributed by atoms with Crippen LogP contribution < -0.4 is 4.74 Å². The molecule has 0 radical (unpaired) electrons. The van der Waals surface area contributed by atoms with Crippen molar-refractivity contribution in [2.45, 2.75) is 38.0 Å². The molecule has 2 heterocycles. The van der Waals surface area contributed by atoms with Crippen molar-refractivity contribution in [1.29, 1.82) is 0 Å². The third kappa shape index (κ3) is 4.16. The maximum absolute atomic E-state index is 10.5. The van der Waals surface area contributed by atoms with Gasteiger partial charge in [0.2, 0.25) is 0 Å². The van der Waals surface area contributed by atoms with Crippen LogP contribution in [0.1, 0.15) is 31.0 Å². The van der Waals surface area contributed by atoms with Crippen LogP contribution >= 0.6 is 0 Å². The van der Waals surface area contributed by atoms with Crippen molar-refractivity contribution in [3.63, 3.8) is 0 Å². The maximum atomic E-state index is 10.5. The lowest BCUT2D eigenvalue weighted by atomic mass is 10.1. The fourth-order valence-electron chi connectivity index (χ4n) is 3.74. The lowest BCUT2D eigenvalue weighted by Crippen LogP contribution is -2.36. The Bertz CT molecular complexity index is 929. The Balaban J connectivity index is 1.36. The first-order valence-electron chi connectivity index (χ1n) is 9.75. The minimum atomic E-state index is -0.677. The van der Waals surface area contributed by atoms with Crippen LogP contribution in [0.2, 0.25) is 0 Å². The number of aliphatic hydroxyl groups excluding tert-OH is 2. The number of hydrogen-bond donors (Lipinski definition) is 3. The Morgan fingerprint density at radius 1 is 1.25 bits per heavy atom. The summed E-state index contributed by atoms with van der Waals surface area (Å²) >= 11 is 0. The van der Waals surface area contributed by atoms with Gasteiger partial charge in [-0.25, -0.2) is 4.98 Å². The van der Waals surface area contributed by atoms with E-state index >= 15 is 0 Å². The van der Waals surface area contributed by atoms with Crippen LogP contribution in [-0.4, -0.2) is 62.2 Å². The monoisotopic (exact) mass is 382 g/mol. The molecule has 7 nitrogen and oxygen atoms in total. The van der Waals surface area contributed by atoms with E-state index in [1.807, 2.05) is 48.2 Å². The lowest BCUT2D eigenvalue weighted by molar-refractivity contribution is 0.0594. The number of nitrogens with one attached hydrogen (secondary N) is 1. The number of H-pyrrole nitrogens is 1. The zero-order valence-corrected chi connectivity index (χ0v) is 16.0. The molecular weight excluding hydrogens is 356 g/mol. The van der Waals surface area contributed by atoms with Gasteiger partial charge in [-0.05, 0) is 29.3 Å². The van der Waals surface area contributed by atoms with Crippen LogP contribution in [0.3, 0.4) is 0 Å². The second kappa shape index (κ2) is 8.26. The molecule has 7 heteroatoms. The fourth-order valence-corrected chi connectivity index (χ4v) is 3.74. The van der Waals surface area contributed by atoms with Gasteiger partial charge in [-0.1, -0.05) is 37.3 Å². The third-order valence-electron chi connectivity index (χ3n) is 5.17. The van der Waals surface area contributed by atoms with Gasteiger partial charge in [0.15, 0.2) is 5.82 Å². The van der Waals surface area contributed by atoms with Crippen LogP contribution in [0, 0.1) is 0 Å². The van der Waals surface area contributed by atoms with Crippen molar-refractivity contribution < 1.29 is 14.9 Å². The molecule has 1 saturated heterocycles. The van der Waals surface area contributed by atoms with Crippen LogP contribution in [0.25, 0.3) is 10.8 Å². The zero-order chi connectivity index (χ0) is 19.5. The summed E-state index contributed by atoms with van der Waals surface area (Å²) in [7, 11) is 0. The van der Waals surface area contributed by atoms with Crippen LogP contribution in [0.4, 0.5) is 0 Å². The van der Waals surface area contributed by atoms with E-state index in [9.17, 15) is 10.2 Å². The van der Waals surface area contributed by atoms with E-state index in [2.05, 4.69) is 21.2 Å². The van der Waals surface area contributed by atoms with Crippen molar-refractivity contribution in [3.8, 4) is 5.75 Å². The number of aromatic amines is 1. The van der Waals surface area contributed by atoms with Crippen molar-refractivity contribution in [2.24, 2.45) is 0 Å². The van der Waals surface area contributed by atoms with E-state index in [1.54, 1.807) is 0 Å². The van der Waals surface area contributed by atoms with Gasteiger partial charge in [0.1, 0.15) is 24.3 Å². The number of hydrogen-bond acceptors (Lipinski definition) is 6. The molecule has 4 rings (SSSR count). The van der Waals surface area contributed by atoms with E-state index in [0.29, 0.717) is 25.3 Å². The molecule has 0 bridgehead atoms. The molecule has 3 N–H and O–H groups in total. The largest absolute Gasteiger partial charge is 0.491 e. The zero-order valence-electron chi connectivity index (χ0n) is 16.0. The molecule has 0 saturated carbocycles. The van der Waals surface area contributed by atoms with Gasteiger partial charge in [0.05, 0.1) is 12.1 Å². The normalized spacial score (nSPS) is 21.2. The van der Waals surface area contributed by atoms with E-state index in [4.69, 9.17) is 4.74 Å². The summed E-state index contributed by atoms with van der Waals surface area (Å²) in [4.78, 5) is 6.52. The highest BCUT2D eigenvalue weighted by Gasteiger charge is 2.35. The first kappa shape index (κ1) is 18.9. The summed E-state index contributed by atoms with van der Waals surface area (Å²) in [5.41, 5.74) is 0. The van der Waals surface area contributed by atoms with Crippen molar-refractivity contribution in [1.82, 2.24) is 20.1 Å². The number of nitrogens with zero attached hydrogens (tertiary/aromatic N) is 3. The molecule has 2 aromatic carbocycles. The molecule has 1 unspecified atom stereocenters. The van der Waals surface area contributed by atoms with E-state index in [-0.39, 0.29) is 12.6 Å². The molecule has 3 aromatic rings. The lowest BCUT2D eigenvalue weighted by Gasteiger charge is -2.24. The van der Waals surface area contributed by atoms with Crippen molar-refractivity contribution in [3.05, 3.63) is 54.1 Å². The Hall–Kier alpha value is -2.48. The van der Waals surface area contributed by atoms with Crippen molar-refractivity contribution in [2.75, 3.05) is 19.7 Å². The molecule has 0 spiro atoms. The minimum Gasteiger partial charge on any atom is -0.491 e. The molecule has 0 aliphatic carbocycles. The van der Waals surface area contributed by atoms with Gasteiger partial charge in [0, 0.05) is 19.5 Å². The number of ether oxygens (including phenoxy) is 1. The maximum Gasteiger partial charge on any atom is 0.167 e. The highest BCUT2D eigenvalue weighted by atomic mass is 16.5. The number of rotatable bonds is 7. The summed E-state index contributed by atoms with van der Waals surface area (Å²) < 4.78 is 5.80. The first-order chi connectivity index (χ1) is 13.6. The molecule has 1 aliphatic heterocycles. The van der Waals surface area contributed by atoms with Crippen molar-refractivity contribution >= 4 is 10.8 Å². The summed E-state index contributed by atoms with van der Waals surface area (Å²) in [6, 6.07) is 13.9. The number of aliphatic hydroxyl groups is 2. The quantitative estimate of drug-likeness (QED) is 0.579. The Labute approximate surface area is 164 Å². The average molecular weight is 382 g/mol. The predicted octanol–water partition coefficient (Wildman–Crippen LogP) is 2.07. The van der Waals surface area contributed by atoms with E-state index < -0.39 is 12.2 Å². The summed E-state index contributed by atoms with van der Waals surface area (Å²) in [5.74, 6) is 2.24. The fraction of sp³-hybridized carbons (Fsp3) is 0.429. The van der Waals surface area contributed by atoms with Gasteiger partial charge in [-0.3, -0.25) is 10.00 Å². The smallest absolute Gasteiger partial charge is 0.167 e. The molecule has 3 atom stereocenters. The second-order valence-electron chi connectivity index (χ2n) is 7.33. The van der Waals surface area contributed by atoms with Gasteiger partial charge in [0.25, 0.3) is 0 Å². The molecule has 1 aliphatic rings. The number of β-amino-alcohol motifs (C(OH)–C–C–N with tert-alkyl or cyclic N) is 2. The Morgan fingerprint density at radius 3 is 2.86 bits per heavy atom. The molecule has 28 heavy (non-hydrogen) atoms. The standard InChI is InChI=1S/C21H26N4O3/c1-2-20-22-21(24-23-20)19-10-16(26)11-25(19)12-17(27)13-28-18-8-7-14-5-3-4-6-15(14)9-18/h3-9,16-17,19,26-27H,2,10-13H2,1H3,(H,22,23,24)/t16-,17?,19+/m1/s1. The summed E-state index contributed by atoms with van der Waals surface area (Å²) in [6.45, 7) is 3.09. The minimum absolute atomic E-state index is 0.0955. The summed E-state index contributed by atoms with van der Waals surface area (Å²) in [6.07, 6.45) is 0.232. The average Bonchev–Trinajstić information content (AvgIpc) is 3.32. The number of fused-ring (bicyclic) bond motifs is 1. The first-order valence-corrected chi connectivity index (χ1v) is 9.75. The Morgan fingerprint density at radius 2 is 2.07 bits per heavy atom. The molecule has 0 amide bonds. The highest BCUT2D eigenvalue weighted by molar-refractivity contribution is 5.83. The molecule has 148 valence electrons. The van der Waals surface area contributed by atoms with Gasteiger partial charge in [-0.15, -0.1) is 0 Å². The molecule has 1 aromatic heterocycles. The van der Waals surface area contributed by atoms with Crippen LogP contribution in [0.5, 0.6) is 5.75 Å². The number of aryl methyl sites for hydroxylation is 1. The topological polar surface area (TPSA) is 94.5 Å². The molecule has 1 fully saturated rings. The van der Waals surface area contributed by atoms with Crippen LogP contribution in [-0.2, 0) is 6.42 Å². The second-order valence-corrected chi connectivity index (χ2v) is 7.33. The van der Waals surface area contributed by atoms with E-state index in [0.717, 1.165) is 28.8 Å². The number of likely N-dealkylation sites (tertiary alicyclic amines) is 1. The van der Waals surface area contributed by atoms with Gasteiger partial charge in [-0.2, -0.15) is 5.10 Å². The van der Waals surface area contributed by atoms with Gasteiger partial charge < -0.3 is 14.9 Å². The predicted molar refractivity (Wildman–Crippen MR) is 106 cm³/mol. The number of aromatic nitrogens is 3. The van der Waals surface area contributed by atoms with E-state index in [1.165, 1.54) is 0 Å². The van der Waals surface area contributed by atoms with Gasteiger partial charge >= 0.3 is 0 Å². The SMILES string of the molecule is CCc1nc([C@@H]2C[C@@H](O)CN2CC(O)COc2ccc3ccccc3c2)n[nH]1.